The Kier molecular flexibility index (Phi) is 6.01. The maximum absolute atomic E-state index is 12.2. The number of nitrogens with zero attached hydrogens (tertiary/aromatic N) is 2. The van der Waals surface area contributed by atoms with Crippen molar-refractivity contribution in [2.75, 3.05) is 0 Å². The van der Waals surface area contributed by atoms with E-state index in [0.29, 0.717) is 11.4 Å². The molecule has 0 aromatic heterocycles. The van der Waals surface area contributed by atoms with Gasteiger partial charge in [0.05, 0.1) is 11.8 Å². The van der Waals surface area contributed by atoms with Crippen LogP contribution in [0.3, 0.4) is 0 Å². The lowest BCUT2D eigenvalue weighted by molar-refractivity contribution is -0.159. The molecular formula is C17H18N4O6. The van der Waals surface area contributed by atoms with Crippen molar-refractivity contribution in [1.82, 2.24) is 10.9 Å². The first-order valence-electron chi connectivity index (χ1n) is 7.93. The normalized spacial score (nSPS) is 21.9. The van der Waals surface area contributed by atoms with Crippen LogP contribution in [0.25, 0.3) is 0 Å². The van der Waals surface area contributed by atoms with Gasteiger partial charge in [-0.1, -0.05) is 30.3 Å². The van der Waals surface area contributed by atoms with Gasteiger partial charge in [0.1, 0.15) is 0 Å². The standard InChI is InChI=1S/C15H16N4O2.C2H2O4/c1-8-11(14(20)18-16-8)13(10-6-4-3-5-7-10)12-9(2)17-19-15(12)21;3-1(4)2(5)6/h3-7,11-13H,1-2H3,(H,18,20)(H,19,21);(H,3,4)(H,5,6). The van der Waals surface area contributed by atoms with Crippen LogP contribution in [0, 0.1) is 11.8 Å². The second kappa shape index (κ2) is 8.21. The van der Waals surface area contributed by atoms with E-state index in [1.165, 1.54) is 0 Å². The topological polar surface area (TPSA) is 158 Å². The molecule has 0 aliphatic carbocycles. The minimum Gasteiger partial charge on any atom is -0.473 e. The molecule has 10 nitrogen and oxygen atoms in total. The van der Waals surface area contributed by atoms with Crippen molar-refractivity contribution >= 4 is 35.2 Å². The molecule has 0 spiro atoms. The molecule has 27 heavy (non-hydrogen) atoms. The molecule has 142 valence electrons. The van der Waals surface area contributed by atoms with E-state index >= 15 is 0 Å². The van der Waals surface area contributed by atoms with Crippen molar-refractivity contribution in [3.63, 3.8) is 0 Å². The molecule has 2 aliphatic heterocycles. The highest BCUT2D eigenvalue weighted by atomic mass is 16.4. The minimum atomic E-state index is -1.82. The summed E-state index contributed by atoms with van der Waals surface area (Å²) in [7, 11) is 0. The number of aliphatic carboxylic acids is 2. The van der Waals surface area contributed by atoms with Crippen LogP contribution in [0.2, 0.25) is 0 Å². The van der Waals surface area contributed by atoms with Crippen LogP contribution in [0.1, 0.15) is 25.3 Å². The molecule has 0 bridgehead atoms. The van der Waals surface area contributed by atoms with Gasteiger partial charge in [0, 0.05) is 17.3 Å². The van der Waals surface area contributed by atoms with E-state index in [0.717, 1.165) is 5.56 Å². The summed E-state index contributed by atoms with van der Waals surface area (Å²) < 4.78 is 0. The van der Waals surface area contributed by atoms with Crippen LogP contribution in [0.5, 0.6) is 0 Å². The first-order valence-corrected chi connectivity index (χ1v) is 7.93. The van der Waals surface area contributed by atoms with Crippen molar-refractivity contribution in [3.8, 4) is 0 Å². The molecule has 0 saturated heterocycles. The fourth-order valence-corrected chi connectivity index (χ4v) is 3.04. The van der Waals surface area contributed by atoms with Crippen molar-refractivity contribution in [1.29, 1.82) is 0 Å². The third-order valence-corrected chi connectivity index (χ3v) is 4.24. The van der Waals surface area contributed by atoms with Crippen molar-refractivity contribution in [3.05, 3.63) is 35.9 Å². The Morgan fingerprint density at radius 3 is 1.59 bits per heavy atom. The predicted molar refractivity (Wildman–Crippen MR) is 93.9 cm³/mol. The highest BCUT2D eigenvalue weighted by Crippen LogP contribution is 2.37. The Balaban J connectivity index is 0.000000380. The van der Waals surface area contributed by atoms with Gasteiger partial charge in [0.15, 0.2) is 0 Å². The van der Waals surface area contributed by atoms with Crippen LogP contribution in [0.15, 0.2) is 40.5 Å². The van der Waals surface area contributed by atoms with E-state index in [1.54, 1.807) is 13.8 Å². The average molecular weight is 374 g/mol. The minimum absolute atomic E-state index is 0.172. The van der Waals surface area contributed by atoms with Crippen molar-refractivity contribution < 1.29 is 29.4 Å². The number of benzene rings is 1. The van der Waals surface area contributed by atoms with Gasteiger partial charge in [-0.05, 0) is 19.4 Å². The SMILES string of the molecule is CC1=NNC(=O)C1C(c1ccccc1)C1C(=O)NN=C1C.O=C(O)C(=O)O. The number of nitrogens with one attached hydrogen (secondary N) is 2. The van der Waals surface area contributed by atoms with Gasteiger partial charge in [-0.25, -0.2) is 20.4 Å². The molecule has 10 heteroatoms. The summed E-state index contributed by atoms with van der Waals surface area (Å²) in [6, 6.07) is 9.58. The molecule has 2 atom stereocenters. The maximum Gasteiger partial charge on any atom is 0.414 e. The number of carbonyl (C=O) groups is 4. The Bertz CT molecular complexity index is 783. The Hall–Kier alpha value is -3.56. The molecule has 3 rings (SSSR count). The monoisotopic (exact) mass is 374 g/mol. The zero-order chi connectivity index (χ0) is 20.1. The van der Waals surface area contributed by atoms with Crippen molar-refractivity contribution in [2.24, 2.45) is 22.0 Å². The summed E-state index contributed by atoms with van der Waals surface area (Å²) >= 11 is 0. The zero-order valence-electron chi connectivity index (χ0n) is 14.5. The summed E-state index contributed by atoms with van der Waals surface area (Å²) in [5.41, 5.74) is 7.33. The van der Waals surface area contributed by atoms with E-state index in [1.807, 2.05) is 30.3 Å². The highest BCUT2D eigenvalue weighted by molar-refractivity contribution is 6.27. The first kappa shape index (κ1) is 19.8. The van der Waals surface area contributed by atoms with Gasteiger partial charge in [-0.15, -0.1) is 0 Å². The molecule has 0 radical (unpaired) electrons. The number of hydrogen-bond acceptors (Lipinski definition) is 6. The first-order chi connectivity index (χ1) is 12.7. The number of carboxylic acid groups (broad SMARTS) is 2. The quantitative estimate of drug-likeness (QED) is 0.552. The maximum atomic E-state index is 12.2. The molecule has 4 N–H and O–H groups in total. The lowest BCUT2D eigenvalue weighted by Crippen LogP contribution is -2.38. The van der Waals surface area contributed by atoms with Crippen LogP contribution in [0.4, 0.5) is 0 Å². The summed E-state index contributed by atoms with van der Waals surface area (Å²) in [6.07, 6.45) is 0. The molecule has 0 fully saturated rings. The number of hydrazone groups is 2. The van der Waals surface area contributed by atoms with E-state index < -0.39 is 23.8 Å². The Labute approximate surface area is 154 Å². The Morgan fingerprint density at radius 1 is 0.889 bits per heavy atom. The number of rotatable bonds is 3. The van der Waals surface area contributed by atoms with Gasteiger partial charge < -0.3 is 10.2 Å². The summed E-state index contributed by atoms with van der Waals surface area (Å²) in [4.78, 5) is 42.5. The van der Waals surface area contributed by atoms with Gasteiger partial charge in [0.25, 0.3) is 0 Å². The summed E-state index contributed by atoms with van der Waals surface area (Å²) in [6.45, 7) is 3.61. The van der Waals surface area contributed by atoms with Gasteiger partial charge >= 0.3 is 11.9 Å². The smallest absolute Gasteiger partial charge is 0.414 e. The summed E-state index contributed by atoms with van der Waals surface area (Å²) in [5, 5.41) is 22.8. The van der Waals surface area contributed by atoms with Crippen molar-refractivity contribution in [2.45, 2.75) is 19.8 Å². The average Bonchev–Trinajstić information content (AvgIpc) is 3.14. The van der Waals surface area contributed by atoms with E-state index in [9.17, 15) is 9.59 Å². The molecule has 0 saturated carbocycles. The Morgan fingerprint density at radius 2 is 1.30 bits per heavy atom. The molecule has 1 aromatic rings. The molecular weight excluding hydrogens is 356 g/mol. The molecule has 2 amide bonds. The second-order valence-corrected chi connectivity index (χ2v) is 5.96. The predicted octanol–water partition coefficient (Wildman–Crippen LogP) is 0.170. The third kappa shape index (κ3) is 4.35. The van der Waals surface area contributed by atoms with E-state index in [4.69, 9.17) is 19.8 Å². The number of hydrogen-bond donors (Lipinski definition) is 4. The molecule has 2 heterocycles. The van der Waals surface area contributed by atoms with Gasteiger partial charge in [-0.3, -0.25) is 9.59 Å². The van der Waals surface area contributed by atoms with E-state index in [-0.39, 0.29) is 17.7 Å². The van der Waals surface area contributed by atoms with E-state index in [2.05, 4.69) is 21.1 Å². The fraction of sp³-hybridized carbons (Fsp3) is 0.294. The zero-order valence-corrected chi connectivity index (χ0v) is 14.5. The number of carboxylic acids is 2. The number of carbonyl (C=O) groups excluding carboxylic acids is 2. The molecule has 2 aliphatic rings. The van der Waals surface area contributed by atoms with Crippen LogP contribution >= 0.6 is 0 Å². The van der Waals surface area contributed by atoms with Gasteiger partial charge in [0.2, 0.25) is 11.8 Å². The fourth-order valence-electron chi connectivity index (χ4n) is 3.04. The van der Waals surface area contributed by atoms with Gasteiger partial charge in [-0.2, -0.15) is 10.2 Å². The van der Waals surface area contributed by atoms with Crippen LogP contribution < -0.4 is 10.9 Å². The second-order valence-electron chi connectivity index (χ2n) is 5.96. The largest absolute Gasteiger partial charge is 0.473 e. The lowest BCUT2D eigenvalue weighted by atomic mass is 9.73. The number of amides is 2. The highest BCUT2D eigenvalue weighted by Gasteiger charge is 2.45. The van der Waals surface area contributed by atoms with Crippen LogP contribution in [-0.2, 0) is 19.2 Å². The lowest BCUT2D eigenvalue weighted by Gasteiger charge is -2.26. The third-order valence-electron chi connectivity index (χ3n) is 4.24. The molecule has 1 aromatic carbocycles. The molecule has 2 unspecified atom stereocenters. The van der Waals surface area contributed by atoms with Crippen LogP contribution in [-0.4, -0.2) is 45.4 Å². The summed E-state index contributed by atoms with van der Waals surface area (Å²) in [5.74, 6) is -5.20.